The van der Waals surface area contributed by atoms with Gasteiger partial charge >= 0.3 is 0 Å². The fraction of sp³-hybridized carbons (Fsp3) is 0.333. The van der Waals surface area contributed by atoms with Gasteiger partial charge in [0.2, 0.25) is 5.75 Å². The number of carbonyl (C=O) groups is 1. The molecule has 32 heavy (non-hydrogen) atoms. The van der Waals surface area contributed by atoms with Gasteiger partial charge in [-0.25, -0.2) is 0 Å². The van der Waals surface area contributed by atoms with E-state index in [2.05, 4.69) is 16.5 Å². The van der Waals surface area contributed by atoms with E-state index in [1.807, 2.05) is 31.2 Å². The van der Waals surface area contributed by atoms with Gasteiger partial charge in [-0.15, -0.1) is 11.3 Å². The highest BCUT2D eigenvalue weighted by molar-refractivity contribution is 7.09. The minimum Gasteiger partial charge on any atom is -0.493 e. The Balaban J connectivity index is 2.15. The Morgan fingerprint density at radius 1 is 1.03 bits per heavy atom. The molecule has 0 atom stereocenters. The molecule has 0 aliphatic rings. The zero-order valence-electron chi connectivity index (χ0n) is 18.9. The Hall–Kier alpha value is -2.77. The Bertz CT molecular complexity index is 1140. The van der Waals surface area contributed by atoms with E-state index in [-0.39, 0.29) is 5.91 Å². The van der Waals surface area contributed by atoms with Gasteiger partial charge in [0, 0.05) is 22.0 Å². The molecule has 3 rings (SSSR count). The summed E-state index contributed by atoms with van der Waals surface area (Å²) < 4.78 is 18.2. The lowest BCUT2D eigenvalue weighted by molar-refractivity contribution is 0.0997. The molecule has 0 spiro atoms. The van der Waals surface area contributed by atoms with Gasteiger partial charge in [-0.2, -0.15) is 4.99 Å². The van der Waals surface area contributed by atoms with E-state index in [1.165, 1.54) is 26.2 Å². The standard InChI is InChI=1S/C24H27ClN2O4S/c1-6-8-20-21(15-9-11-17(25)12-10-15)27(7-2)24(32-20)26-23(28)16-13-18(29-3)22(31-5)19(14-16)30-4/h9-14H,6-8H2,1-5H3. The molecular formula is C24H27ClN2O4S. The van der Waals surface area contributed by atoms with Crippen LogP contribution in [0.4, 0.5) is 0 Å². The van der Waals surface area contributed by atoms with Crippen molar-refractivity contribution in [1.82, 2.24) is 4.57 Å². The zero-order chi connectivity index (χ0) is 23.3. The molecule has 1 amide bonds. The van der Waals surface area contributed by atoms with Crippen molar-refractivity contribution in [3.63, 3.8) is 0 Å². The lowest BCUT2D eigenvalue weighted by Gasteiger charge is -2.13. The molecule has 170 valence electrons. The first-order valence-corrected chi connectivity index (χ1v) is 11.5. The van der Waals surface area contributed by atoms with E-state index in [0.29, 0.717) is 39.2 Å². The summed E-state index contributed by atoms with van der Waals surface area (Å²) in [4.78, 5) is 19.5. The topological polar surface area (TPSA) is 62.1 Å². The maximum Gasteiger partial charge on any atom is 0.279 e. The van der Waals surface area contributed by atoms with E-state index in [1.54, 1.807) is 23.5 Å². The highest BCUT2D eigenvalue weighted by Gasteiger charge is 2.19. The van der Waals surface area contributed by atoms with Crippen LogP contribution in [-0.4, -0.2) is 31.8 Å². The molecule has 8 heteroatoms. The van der Waals surface area contributed by atoms with Gasteiger partial charge in [-0.05, 0) is 43.2 Å². The second-order valence-electron chi connectivity index (χ2n) is 6.99. The summed E-state index contributed by atoms with van der Waals surface area (Å²) >= 11 is 7.63. The van der Waals surface area contributed by atoms with Gasteiger partial charge in [0.15, 0.2) is 16.3 Å². The van der Waals surface area contributed by atoms with E-state index in [4.69, 9.17) is 25.8 Å². The van der Waals surface area contributed by atoms with Crippen LogP contribution in [0.15, 0.2) is 41.4 Å². The molecule has 2 aromatic carbocycles. The molecule has 0 N–H and O–H groups in total. The average Bonchev–Trinajstić information content (AvgIpc) is 3.15. The van der Waals surface area contributed by atoms with Crippen LogP contribution in [0.2, 0.25) is 5.02 Å². The van der Waals surface area contributed by atoms with Crippen molar-refractivity contribution in [1.29, 1.82) is 0 Å². The second-order valence-corrected chi connectivity index (χ2v) is 8.49. The highest BCUT2D eigenvalue weighted by Crippen LogP contribution is 2.38. The van der Waals surface area contributed by atoms with Crippen LogP contribution in [0, 0.1) is 0 Å². The summed E-state index contributed by atoms with van der Waals surface area (Å²) in [5, 5.41) is 0.687. The van der Waals surface area contributed by atoms with E-state index >= 15 is 0 Å². The predicted octanol–water partition coefficient (Wildman–Crippen LogP) is 5.61. The number of thiazole rings is 1. The van der Waals surface area contributed by atoms with Crippen LogP contribution in [0.5, 0.6) is 17.2 Å². The molecule has 0 saturated carbocycles. The monoisotopic (exact) mass is 474 g/mol. The van der Waals surface area contributed by atoms with Gasteiger partial charge in [-0.3, -0.25) is 4.79 Å². The van der Waals surface area contributed by atoms with Gasteiger partial charge in [0.05, 0.1) is 27.0 Å². The number of rotatable bonds is 8. The number of methoxy groups -OCH3 is 3. The van der Waals surface area contributed by atoms with Gasteiger partial charge in [0.25, 0.3) is 5.91 Å². The average molecular weight is 475 g/mol. The predicted molar refractivity (Wildman–Crippen MR) is 128 cm³/mol. The summed E-state index contributed by atoms with van der Waals surface area (Å²) in [5.74, 6) is 0.877. The van der Waals surface area contributed by atoms with Gasteiger partial charge < -0.3 is 18.8 Å². The first-order valence-electron chi connectivity index (χ1n) is 10.3. The molecule has 1 heterocycles. The Morgan fingerprint density at radius 3 is 2.16 bits per heavy atom. The second kappa shape index (κ2) is 10.7. The van der Waals surface area contributed by atoms with E-state index in [9.17, 15) is 4.79 Å². The molecule has 0 fully saturated rings. The number of aromatic nitrogens is 1. The van der Waals surface area contributed by atoms with E-state index in [0.717, 1.165) is 24.1 Å². The normalized spacial score (nSPS) is 11.5. The molecule has 0 aliphatic heterocycles. The van der Waals surface area contributed by atoms with E-state index < -0.39 is 0 Å². The van der Waals surface area contributed by atoms with Crippen molar-refractivity contribution in [3.8, 4) is 28.5 Å². The molecule has 0 saturated heterocycles. The Kier molecular flexibility index (Phi) is 7.99. The number of nitrogens with zero attached hydrogens (tertiary/aromatic N) is 2. The summed E-state index contributed by atoms with van der Waals surface area (Å²) in [6.07, 6.45) is 1.89. The maximum absolute atomic E-state index is 13.1. The molecular weight excluding hydrogens is 448 g/mol. The number of ether oxygens (including phenoxy) is 3. The summed E-state index contributed by atoms with van der Waals surface area (Å²) in [7, 11) is 4.56. The highest BCUT2D eigenvalue weighted by atomic mass is 35.5. The molecule has 0 aliphatic carbocycles. The van der Waals surface area contributed by atoms with Gasteiger partial charge in [-0.1, -0.05) is 37.1 Å². The third kappa shape index (κ3) is 4.84. The van der Waals surface area contributed by atoms with Crippen LogP contribution in [0.1, 0.15) is 35.5 Å². The quantitative estimate of drug-likeness (QED) is 0.425. The summed E-state index contributed by atoms with van der Waals surface area (Å²) in [6.45, 7) is 4.86. The molecule has 6 nitrogen and oxygen atoms in total. The van der Waals surface area contributed by atoms with Crippen molar-refractivity contribution < 1.29 is 19.0 Å². The lowest BCUT2D eigenvalue weighted by atomic mass is 10.1. The zero-order valence-corrected chi connectivity index (χ0v) is 20.5. The molecule has 1 aromatic heterocycles. The third-order valence-electron chi connectivity index (χ3n) is 5.00. The minimum absolute atomic E-state index is 0.362. The summed E-state index contributed by atoms with van der Waals surface area (Å²) in [5.41, 5.74) is 2.49. The van der Waals surface area contributed by atoms with Crippen LogP contribution >= 0.6 is 22.9 Å². The fourth-order valence-electron chi connectivity index (χ4n) is 3.51. The number of halogens is 1. The Morgan fingerprint density at radius 2 is 1.66 bits per heavy atom. The maximum atomic E-state index is 13.1. The number of benzene rings is 2. The SMILES string of the molecule is CCCc1sc(=NC(=O)c2cc(OC)c(OC)c(OC)c2)n(CC)c1-c1ccc(Cl)cc1. The smallest absolute Gasteiger partial charge is 0.279 e. The van der Waals surface area contributed by atoms with Crippen LogP contribution in [0.3, 0.4) is 0 Å². The van der Waals surface area contributed by atoms with Crippen LogP contribution in [0.25, 0.3) is 11.3 Å². The number of aryl methyl sites for hydroxylation is 1. The molecule has 3 aromatic rings. The van der Waals surface area contributed by atoms with Crippen molar-refractivity contribution >= 4 is 28.8 Å². The number of carbonyl (C=O) groups excluding carboxylic acids is 1. The fourth-order valence-corrected chi connectivity index (χ4v) is 4.95. The lowest BCUT2D eigenvalue weighted by Crippen LogP contribution is -2.17. The minimum atomic E-state index is -0.376. The van der Waals surface area contributed by atoms with Crippen LogP contribution in [-0.2, 0) is 13.0 Å². The molecule has 0 bridgehead atoms. The van der Waals surface area contributed by atoms with Crippen molar-refractivity contribution in [2.45, 2.75) is 33.2 Å². The van der Waals surface area contributed by atoms with Gasteiger partial charge in [0.1, 0.15) is 0 Å². The van der Waals surface area contributed by atoms with Crippen molar-refractivity contribution in [2.24, 2.45) is 4.99 Å². The number of hydrogen-bond donors (Lipinski definition) is 0. The van der Waals surface area contributed by atoms with Crippen molar-refractivity contribution in [3.05, 3.63) is 56.7 Å². The molecule has 0 radical (unpaired) electrons. The number of amides is 1. The van der Waals surface area contributed by atoms with Crippen molar-refractivity contribution in [2.75, 3.05) is 21.3 Å². The molecule has 0 unspecified atom stereocenters. The first kappa shape index (κ1) is 23.9. The Labute approximate surface area is 197 Å². The third-order valence-corrected chi connectivity index (χ3v) is 6.39. The largest absolute Gasteiger partial charge is 0.493 e. The van der Waals surface area contributed by atoms with Crippen LogP contribution < -0.4 is 19.0 Å². The first-order chi connectivity index (χ1) is 15.5. The summed E-state index contributed by atoms with van der Waals surface area (Å²) in [6, 6.07) is 11.0. The number of hydrogen-bond acceptors (Lipinski definition) is 5.